The maximum Gasteiger partial charge on any atom is 0.254 e. The van der Waals surface area contributed by atoms with Gasteiger partial charge in [-0.05, 0) is 26.1 Å². The zero-order valence-corrected chi connectivity index (χ0v) is 13.5. The summed E-state index contributed by atoms with van der Waals surface area (Å²) in [6.45, 7) is 8.52. The molecule has 0 saturated carbocycles. The Labute approximate surface area is 132 Å². The van der Waals surface area contributed by atoms with Crippen molar-refractivity contribution in [2.24, 2.45) is 0 Å². The molecule has 0 unspecified atom stereocenters. The highest BCUT2D eigenvalue weighted by molar-refractivity contribution is 5.95. The van der Waals surface area contributed by atoms with Gasteiger partial charge in [-0.1, -0.05) is 0 Å². The summed E-state index contributed by atoms with van der Waals surface area (Å²) in [5.41, 5.74) is 0.748. The number of hydrogen-bond acceptors (Lipinski definition) is 5. The average Bonchev–Trinajstić information content (AvgIpc) is 2.55. The molecule has 3 heterocycles. The molecule has 0 radical (unpaired) electrons. The smallest absolute Gasteiger partial charge is 0.254 e. The number of hydrogen-bond donors (Lipinski definition) is 1. The number of rotatable bonds is 2. The molecule has 2 aliphatic heterocycles. The van der Waals surface area contributed by atoms with E-state index < -0.39 is 0 Å². The number of piperazine rings is 2. The van der Waals surface area contributed by atoms with Crippen molar-refractivity contribution in [3.63, 3.8) is 0 Å². The highest BCUT2D eigenvalue weighted by Crippen LogP contribution is 2.16. The van der Waals surface area contributed by atoms with Crippen LogP contribution in [0.3, 0.4) is 0 Å². The fraction of sp³-hybridized carbons (Fsp3) is 0.625. The summed E-state index contributed by atoms with van der Waals surface area (Å²) in [5.74, 6) is 1.04. The minimum absolute atomic E-state index is 0.117. The lowest BCUT2D eigenvalue weighted by molar-refractivity contribution is 0.0709. The van der Waals surface area contributed by atoms with E-state index >= 15 is 0 Å². The van der Waals surface area contributed by atoms with E-state index in [9.17, 15) is 4.79 Å². The SMILES string of the molecule is C[C@H]1CN(C(=O)c2ccnc(N3CCN(C)CC3)c2)CCN1. The summed E-state index contributed by atoms with van der Waals surface area (Å²) < 4.78 is 0. The first kappa shape index (κ1) is 15.2. The van der Waals surface area contributed by atoms with Crippen molar-refractivity contribution < 1.29 is 4.79 Å². The molecule has 0 spiro atoms. The van der Waals surface area contributed by atoms with E-state index in [1.807, 2.05) is 17.0 Å². The topological polar surface area (TPSA) is 51.7 Å². The summed E-state index contributed by atoms with van der Waals surface area (Å²) >= 11 is 0. The predicted molar refractivity (Wildman–Crippen MR) is 87.3 cm³/mol. The first-order valence-electron chi connectivity index (χ1n) is 8.05. The molecule has 1 amide bonds. The van der Waals surface area contributed by atoms with Gasteiger partial charge in [-0.25, -0.2) is 4.98 Å². The Kier molecular flexibility index (Phi) is 4.59. The van der Waals surface area contributed by atoms with Crippen LogP contribution in [0.15, 0.2) is 18.3 Å². The Morgan fingerprint density at radius 2 is 2.05 bits per heavy atom. The zero-order valence-electron chi connectivity index (χ0n) is 13.5. The van der Waals surface area contributed by atoms with Gasteiger partial charge in [-0.15, -0.1) is 0 Å². The second-order valence-corrected chi connectivity index (χ2v) is 6.30. The van der Waals surface area contributed by atoms with Crippen molar-refractivity contribution in [1.29, 1.82) is 0 Å². The van der Waals surface area contributed by atoms with Crippen molar-refractivity contribution in [3.8, 4) is 0 Å². The minimum Gasteiger partial charge on any atom is -0.354 e. The number of carbonyl (C=O) groups excluding carboxylic acids is 1. The first-order valence-corrected chi connectivity index (χ1v) is 8.05. The zero-order chi connectivity index (χ0) is 15.5. The molecule has 0 bridgehead atoms. The van der Waals surface area contributed by atoms with Gasteiger partial charge in [-0.2, -0.15) is 0 Å². The maximum absolute atomic E-state index is 12.7. The quantitative estimate of drug-likeness (QED) is 0.850. The van der Waals surface area contributed by atoms with Crippen molar-refractivity contribution in [2.75, 3.05) is 57.8 Å². The summed E-state index contributed by atoms with van der Waals surface area (Å²) in [6, 6.07) is 4.13. The molecule has 6 nitrogen and oxygen atoms in total. The summed E-state index contributed by atoms with van der Waals surface area (Å²) in [6.07, 6.45) is 1.76. The lowest BCUT2D eigenvalue weighted by Gasteiger charge is -2.34. The van der Waals surface area contributed by atoms with Crippen LogP contribution in [0.5, 0.6) is 0 Å². The molecule has 6 heteroatoms. The highest BCUT2D eigenvalue weighted by atomic mass is 16.2. The van der Waals surface area contributed by atoms with Crippen LogP contribution >= 0.6 is 0 Å². The third-order valence-electron chi connectivity index (χ3n) is 4.48. The van der Waals surface area contributed by atoms with Gasteiger partial charge in [0.2, 0.25) is 0 Å². The summed E-state index contributed by atoms with van der Waals surface area (Å²) in [7, 11) is 2.14. The second kappa shape index (κ2) is 6.62. The van der Waals surface area contributed by atoms with Gasteiger partial charge < -0.3 is 20.0 Å². The maximum atomic E-state index is 12.7. The molecule has 1 aromatic rings. The third kappa shape index (κ3) is 3.39. The molecule has 2 fully saturated rings. The van der Waals surface area contributed by atoms with E-state index in [0.717, 1.165) is 57.2 Å². The van der Waals surface area contributed by atoms with Gasteiger partial charge in [0.15, 0.2) is 0 Å². The Bertz CT molecular complexity index is 527. The van der Waals surface area contributed by atoms with Gasteiger partial charge in [0.05, 0.1) is 0 Å². The Balaban J connectivity index is 1.71. The molecule has 3 rings (SSSR count). The van der Waals surface area contributed by atoms with Crippen LogP contribution in [0.25, 0.3) is 0 Å². The molecule has 1 atom stereocenters. The molecule has 1 N–H and O–H groups in total. The standard InChI is InChI=1S/C16H25N5O/c1-13-12-21(6-5-17-13)16(22)14-3-4-18-15(11-14)20-9-7-19(2)8-10-20/h3-4,11,13,17H,5-10,12H2,1-2H3/t13-/m0/s1. The third-order valence-corrected chi connectivity index (χ3v) is 4.48. The number of likely N-dealkylation sites (N-methyl/N-ethyl adjacent to an activating group) is 1. The van der Waals surface area contributed by atoms with Gasteiger partial charge in [0, 0.05) is 63.6 Å². The van der Waals surface area contributed by atoms with Crippen LogP contribution in [-0.4, -0.2) is 79.6 Å². The van der Waals surface area contributed by atoms with Crippen molar-refractivity contribution >= 4 is 11.7 Å². The molecule has 0 aliphatic carbocycles. The molecule has 1 aromatic heterocycles. The number of amides is 1. The summed E-state index contributed by atoms with van der Waals surface area (Å²) in [4.78, 5) is 23.6. The second-order valence-electron chi connectivity index (χ2n) is 6.30. The molecule has 2 aliphatic rings. The molecular formula is C16H25N5O. The predicted octanol–water partition coefficient (Wildman–Crippen LogP) is 0.267. The van der Waals surface area contributed by atoms with Crippen LogP contribution in [0, 0.1) is 0 Å². The first-order chi connectivity index (χ1) is 10.6. The minimum atomic E-state index is 0.117. The van der Waals surface area contributed by atoms with Gasteiger partial charge >= 0.3 is 0 Å². The lowest BCUT2D eigenvalue weighted by Crippen LogP contribution is -2.51. The molecule has 0 aromatic carbocycles. The van der Waals surface area contributed by atoms with Gasteiger partial charge in [0.25, 0.3) is 5.91 Å². The van der Waals surface area contributed by atoms with Crippen molar-refractivity contribution in [3.05, 3.63) is 23.9 Å². The van der Waals surface area contributed by atoms with Crippen LogP contribution in [0.2, 0.25) is 0 Å². The van der Waals surface area contributed by atoms with Crippen molar-refractivity contribution in [2.45, 2.75) is 13.0 Å². The molecular weight excluding hydrogens is 278 g/mol. The van der Waals surface area contributed by atoms with E-state index in [1.54, 1.807) is 6.20 Å². The van der Waals surface area contributed by atoms with E-state index in [1.165, 1.54) is 0 Å². The van der Waals surface area contributed by atoms with Gasteiger partial charge in [0.1, 0.15) is 5.82 Å². The molecule has 2 saturated heterocycles. The number of aromatic nitrogens is 1. The van der Waals surface area contributed by atoms with E-state index in [0.29, 0.717) is 6.04 Å². The van der Waals surface area contributed by atoms with Crippen LogP contribution in [0.1, 0.15) is 17.3 Å². The lowest BCUT2D eigenvalue weighted by atomic mass is 10.1. The number of pyridine rings is 1. The number of anilines is 1. The fourth-order valence-corrected chi connectivity index (χ4v) is 3.06. The average molecular weight is 303 g/mol. The van der Waals surface area contributed by atoms with Crippen molar-refractivity contribution in [1.82, 2.24) is 20.1 Å². The normalized spacial score (nSPS) is 23.6. The van der Waals surface area contributed by atoms with E-state index in [4.69, 9.17) is 0 Å². The van der Waals surface area contributed by atoms with Crippen LogP contribution in [0.4, 0.5) is 5.82 Å². The number of carbonyl (C=O) groups is 1. The van der Waals surface area contributed by atoms with E-state index in [2.05, 4.69) is 34.1 Å². The Morgan fingerprint density at radius 3 is 2.77 bits per heavy atom. The molecule has 22 heavy (non-hydrogen) atoms. The van der Waals surface area contributed by atoms with Crippen LogP contribution in [-0.2, 0) is 0 Å². The van der Waals surface area contributed by atoms with Crippen LogP contribution < -0.4 is 10.2 Å². The Hall–Kier alpha value is -1.66. The largest absolute Gasteiger partial charge is 0.354 e. The van der Waals surface area contributed by atoms with E-state index in [-0.39, 0.29) is 5.91 Å². The fourth-order valence-electron chi connectivity index (χ4n) is 3.06. The summed E-state index contributed by atoms with van der Waals surface area (Å²) in [5, 5.41) is 3.37. The Morgan fingerprint density at radius 1 is 1.27 bits per heavy atom. The monoisotopic (exact) mass is 303 g/mol. The number of nitrogens with one attached hydrogen (secondary N) is 1. The highest BCUT2D eigenvalue weighted by Gasteiger charge is 2.23. The molecule has 120 valence electrons. The van der Waals surface area contributed by atoms with Gasteiger partial charge in [-0.3, -0.25) is 4.79 Å². The number of nitrogens with zero attached hydrogens (tertiary/aromatic N) is 4.